The first kappa shape index (κ1) is 13.3. The van der Waals surface area contributed by atoms with E-state index in [-0.39, 0.29) is 24.1 Å². The molecule has 2 amide bonds. The first-order valence-electron chi connectivity index (χ1n) is 6.56. The Balaban J connectivity index is 1.89. The number of carbonyl (C=O) groups is 2. The third-order valence-electron chi connectivity index (χ3n) is 3.48. The Hall–Kier alpha value is -2.64. The van der Waals surface area contributed by atoms with Gasteiger partial charge in [-0.3, -0.25) is 14.3 Å². The summed E-state index contributed by atoms with van der Waals surface area (Å²) in [5, 5.41) is 10.5. The second-order valence-electron chi connectivity index (χ2n) is 4.91. The van der Waals surface area contributed by atoms with Gasteiger partial charge in [0.1, 0.15) is 11.8 Å². The molecular weight excluding hydrogens is 274 g/mol. The highest BCUT2D eigenvalue weighted by Crippen LogP contribution is 2.22. The van der Waals surface area contributed by atoms with Crippen LogP contribution < -0.4 is 5.32 Å². The van der Waals surface area contributed by atoms with Crippen LogP contribution in [0.1, 0.15) is 28.0 Å². The van der Waals surface area contributed by atoms with Gasteiger partial charge in [0.25, 0.3) is 5.91 Å². The van der Waals surface area contributed by atoms with Gasteiger partial charge in [0.05, 0.1) is 18.8 Å². The summed E-state index contributed by atoms with van der Waals surface area (Å²) < 4.78 is 6.58. The largest absolute Gasteiger partial charge is 0.361 e. The van der Waals surface area contributed by atoms with Gasteiger partial charge in [-0.2, -0.15) is 5.10 Å². The highest BCUT2D eigenvalue weighted by Gasteiger charge is 2.33. The van der Waals surface area contributed by atoms with Gasteiger partial charge in [-0.15, -0.1) is 0 Å². The predicted molar refractivity (Wildman–Crippen MR) is 71.3 cm³/mol. The molecule has 0 saturated carbocycles. The second-order valence-corrected chi connectivity index (χ2v) is 4.91. The minimum atomic E-state index is -0.536. The molecule has 0 saturated heterocycles. The van der Waals surface area contributed by atoms with Crippen molar-refractivity contribution in [2.45, 2.75) is 19.5 Å². The van der Waals surface area contributed by atoms with Crippen LogP contribution in [0.25, 0.3) is 0 Å². The fourth-order valence-electron chi connectivity index (χ4n) is 2.44. The zero-order valence-electron chi connectivity index (χ0n) is 11.7. The van der Waals surface area contributed by atoms with E-state index in [4.69, 9.17) is 4.52 Å². The standard InChI is InChI=1S/C13H15N5O3/c1-8-5-10(16-21-8)13(20)17-6-9-3-4-15-18(9)11(7-17)12(19)14-2/h3-5,11H,6-7H2,1-2H3,(H,14,19)/t11-/m1/s1. The lowest BCUT2D eigenvalue weighted by atomic mass is 10.1. The van der Waals surface area contributed by atoms with Crippen molar-refractivity contribution in [3.63, 3.8) is 0 Å². The number of rotatable bonds is 2. The maximum absolute atomic E-state index is 12.4. The van der Waals surface area contributed by atoms with Crippen LogP contribution in [-0.2, 0) is 11.3 Å². The monoisotopic (exact) mass is 289 g/mol. The van der Waals surface area contributed by atoms with Crippen molar-refractivity contribution < 1.29 is 14.1 Å². The van der Waals surface area contributed by atoms with Gasteiger partial charge in [-0.05, 0) is 13.0 Å². The van der Waals surface area contributed by atoms with E-state index in [1.807, 2.05) is 0 Å². The molecule has 2 aromatic rings. The zero-order valence-corrected chi connectivity index (χ0v) is 11.7. The second kappa shape index (κ2) is 5.04. The van der Waals surface area contributed by atoms with Crippen molar-refractivity contribution in [2.24, 2.45) is 0 Å². The minimum Gasteiger partial charge on any atom is -0.361 e. The van der Waals surface area contributed by atoms with Gasteiger partial charge in [-0.1, -0.05) is 5.16 Å². The smallest absolute Gasteiger partial charge is 0.276 e. The maximum atomic E-state index is 12.4. The van der Waals surface area contributed by atoms with Crippen LogP contribution in [0.5, 0.6) is 0 Å². The number of fused-ring (bicyclic) bond motifs is 1. The highest BCUT2D eigenvalue weighted by molar-refractivity contribution is 5.93. The Morgan fingerprint density at radius 2 is 2.29 bits per heavy atom. The molecule has 0 radical (unpaired) electrons. The third kappa shape index (κ3) is 2.28. The van der Waals surface area contributed by atoms with Crippen molar-refractivity contribution in [3.05, 3.63) is 35.5 Å². The molecule has 1 atom stereocenters. The average Bonchev–Trinajstić information content (AvgIpc) is 3.12. The number of hydrogen-bond donors (Lipinski definition) is 1. The Morgan fingerprint density at radius 3 is 2.95 bits per heavy atom. The van der Waals surface area contributed by atoms with Crippen molar-refractivity contribution >= 4 is 11.8 Å². The normalized spacial score (nSPS) is 17.4. The van der Waals surface area contributed by atoms with E-state index in [1.165, 1.54) is 0 Å². The molecule has 0 fully saturated rings. The third-order valence-corrected chi connectivity index (χ3v) is 3.48. The van der Waals surface area contributed by atoms with Crippen LogP contribution in [0.4, 0.5) is 0 Å². The summed E-state index contributed by atoms with van der Waals surface area (Å²) in [5.41, 5.74) is 1.06. The van der Waals surface area contributed by atoms with Crippen LogP contribution in [0.15, 0.2) is 22.9 Å². The molecule has 0 aliphatic carbocycles. The van der Waals surface area contributed by atoms with Crippen molar-refractivity contribution in [1.29, 1.82) is 0 Å². The molecule has 3 rings (SSSR count). The number of amides is 2. The molecule has 0 unspecified atom stereocenters. The molecule has 2 aromatic heterocycles. The summed E-state index contributed by atoms with van der Waals surface area (Å²) in [5.74, 6) is 0.130. The molecule has 1 aliphatic rings. The molecule has 1 N–H and O–H groups in total. The SMILES string of the molecule is CNC(=O)[C@H]1CN(C(=O)c2cc(C)on2)Cc2ccnn21. The molecule has 0 spiro atoms. The fourth-order valence-corrected chi connectivity index (χ4v) is 2.44. The van der Waals surface area contributed by atoms with Gasteiger partial charge in [-0.25, -0.2) is 0 Å². The molecule has 1 aliphatic heterocycles. The van der Waals surface area contributed by atoms with Crippen LogP contribution in [0, 0.1) is 6.92 Å². The topological polar surface area (TPSA) is 93.3 Å². The lowest BCUT2D eigenvalue weighted by Gasteiger charge is -2.32. The van der Waals surface area contributed by atoms with Gasteiger partial charge in [0.15, 0.2) is 5.69 Å². The fraction of sp³-hybridized carbons (Fsp3) is 0.385. The van der Waals surface area contributed by atoms with E-state index >= 15 is 0 Å². The molecule has 21 heavy (non-hydrogen) atoms. The molecule has 3 heterocycles. The maximum Gasteiger partial charge on any atom is 0.276 e. The van der Waals surface area contributed by atoms with Crippen LogP contribution in [0.3, 0.4) is 0 Å². The summed E-state index contributed by atoms with van der Waals surface area (Å²) >= 11 is 0. The number of aryl methyl sites for hydroxylation is 1. The van der Waals surface area contributed by atoms with Crippen LogP contribution in [0.2, 0.25) is 0 Å². The van der Waals surface area contributed by atoms with Crippen LogP contribution >= 0.6 is 0 Å². The van der Waals surface area contributed by atoms with Crippen molar-refractivity contribution in [3.8, 4) is 0 Å². The first-order chi connectivity index (χ1) is 10.1. The zero-order chi connectivity index (χ0) is 15.0. The van der Waals surface area contributed by atoms with E-state index in [1.54, 1.807) is 41.9 Å². The lowest BCUT2D eigenvalue weighted by Crippen LogP contribution is -2.46. The van der Waals surface area contributed by atoms with E-state index in [0.717, 1.165) is 5.69 Å². The number of carbonyl (C=O) groups excluding carboxylic acids is 2. The number of nitrogens with zero attached hydrogens (tertiary/aromatic N) is 4. The Bertz CT molecular complexity index is 690. The van der Waals surface area contributed by atoms with E-state index in [9.17, 15) is 9.59 Å². The van der Waals surface area contributed by atoms with E-state index < -0.39 is 6.04 Å². The molecule has 0 bridgehead atoms. The van der Waals surface area contributed by atoms with Crippen molar-refractivity contribution in [1.82, 2.24) is 25.2 Å². The number of aromatic nitrogens is 3. The number of likely N-dealkylation sites (N-methyl/N-ethyl adjacent to an activating group) is 1. The summed E-state index contributed by atoms with van der Waals surface area (Å²) in [6.45, 7) is 2.36. The Kier molecular flexibility index (Phi) is 3.20. The van der Waals surface area contributed by atoms with Crippen molar-refractivity contribution in [2.75, 3.05) is 13.6 Å². The first-order valence-corrected chi connectivity index (χ1v) is 6.56. The quantitative estimate of drug-likeness (QED) is 0.847. The molecule has 0 aromatic carbocycles. The summed E-state index contributed by atoms with van der Waals surface area (Å²) in [6.07, 6.45) is 1.62. The van der Waals surface area contributed by atoms with E-state index in [0.29, 0.717) is 12.3 Å². The lowest BCUT2D eigenvalue weighted by molar-refractivity contribution is -0.125. The average molecular weight is 289 g/mol. The number of nitrogens with one attached hydrogen (secondary N) is 1. The highest BCUT2D eigenvalue weighted by atomic mass is 16.5. The van der Waals surface area contributed by atoms with Gasteiger partial charge >= 0.3 is 0 Å². The predicted octanol–water partition coefficient (Wildman–Crippen LogP) is 0.123. The summed E-state index contributed by atoms with van der Waals surface area (Å²) in [7, 11) is 1.56. The Morgan fingerprint density at radius 1 is 1.48 bits per heavy atom. The Labute approximate surface area is 120 Å². The molecule has 110 valence electrons. The van der Waals surface area contributed by atoms with Gasteiger partial charge in [0.2, 0.25) is 5.91 Å². The summed E-state index contributed by atoms with van der Waals surface area (Å²) in [4.78, 5) is 26.0. The van der Waals surface area contributed by atoms with Gasteiger partial charge < -0.3 is 14.7 Å². The van der Waals surface area contributed by atoms with Gasteiger partial charge in [0, 0.05) is 19.3 Å². The van der Waals surface area contributed by atoms with E-state index in [2.05, 4.69) is 15.6 Å². The molecule has 8 nitrogen and oxygen atoms in total. The minimum absolute atomic E-state index is 0.186. The van der Waals surface area contributed by atoms with Crippen LogP contribution in [-0.4, -0.2) is 45.2 Å². The molecule has 8 heteroatoms. The number of hydrogen-bond acceptors (Lipinski definition) is 5. The summed E-state index contributed by atoms with van der Waals surface area (Å²) in [6, 6.07) is 2.85. The molecular formula is C13H15N5O3.